The summed E-state index contributed by atoms with van der Waals surface area (Å²) < 4.78 is 19.4. The molecule has 0 aliphatic rings. The summed E-state index contributed by atoms with van der Waals surface area (Å²) in [5, 5.41) is 1.93. The third-order valence-corrected chi connectivity index (χ3v) is 1.33. The topological polar surface area (TPSA) is 34.1 Å². The molecule has 0 radical (unpaired) electrons. The van der Waals surface area contributed by atoms with Crippen LogP contribution >= 0.6 is 15.9 Å². The number of alkyl halides is 1. The summed E-state index contributed by atoms with van der Waals surface area (Å²) in [4.78, 5) is 0. The molecule has 0 heterocycles. The molecule has 0 spiro atoms. The van der Waals surface area contributed by atoms with Gasteiger partial charge in [-0.3, -0.25) is 0 Å². The van der Waals surface area contributed by atoms with Gasteiger partial charge in [-0.15, -0.1) is 0 Å². The molecule has 0 rings (SSSR count). The predicted molar refractivity (Wildman–Crippen MR) is 33.4 cm³/mol. The Balaban J connectivity index is 3.49. The van der Waals surface area contributed by atoms with Crippen molar-refractivity contribution in [3.05, 3.63) is 0 Å². The highest BCUT2D eigenvalue weighted by molar-refractivity contribution is 9.09. The summed E-state index contributed by atoms with van der Waals surface area (Å²) in [6, 6.07) is 0. The Hall–Kier alpha value is 0.170. The van der Waals surface area contributed by atoms with Crippen molar-refractivity contribution in [2.45, 2.75) is 6.42 Å². The lowest BCUT2D eigenvalue weighted by atomic mass is 10.6. The van der Waals surface area contributed by atoms with Crippen molar-refractivity contribution in [2.75, 3.05) is 5.33 Å². The first-order chi connectivity index (χ1) is 3.27. The minimum atomic E-state index is -1.97. The van der Waals surface area contributed by atoms with Crippen molar-refractivity contribution in [1.82, 2.24) is 0 Å². The van der Waals surface area contributed by atoms with Gasteiger partial charge in [0.05, 0.1) is 0 Å². The molecule has 0 amide bonds. The molecule has 0 aromatic heterocycles. The molecule has 0 unspecified atom stereocenters. The van der Waals surface area contributed by atoms with Gasteiger partial charge >= 0.3 is 0 Å². The SMILES string of the molecule is O=S(=O)=CCCBr. The minimum Gasteiger partial charge on any atom is -0.185 e. The molecule has 0 N–H and O–H groups in total. The Morgan fingerprint density at radius 1 is 1.57 bits per heavy atom. The second-order valence-electron chi connectivity index (χ2n) is 0.905. The Kier molecular flexibility index (Phi) is 4.44. The van der Waals surface area contributed by atoms with Crippen LogP contribution in [0.4, 0.5) is 0 Å². The average Bonchev–Trinajstić information content (AvgIpc) is 1.61. The third kappa shape index (κ3) is 6.17. The van der Waals surface area contributed by atoms with Crippen molar-refractivity contribution in [3.8, 4) is 0 Å². The van der Waals surface area contributed by atoms with E-state index in [-0.39, 0.29) is 0 Å². The maximum Gasteiger partial charge on any atom is 0.209 e. The van der Waals surface area contributed by atoms with Gasteiger partial charge in [0.15, 0.2) is 0 Å². The predicted octanol–water partition coefficient (Wildman–Crippen LogP) is 0.453. The summed E-state index contributed by atoms with van der Waals surface area (Å²) in [6.45, 7) is 0. The van der Waals surface area contributed by atoms with Crippen LogP contribution in [0.1, 0.15) is 6.42 Å². The van der Waals surface area contributed by atoms with E-state index >= 15 is 0 Å². The Labute approximate surface area is 52.2 Å². The summed E-state index contributed by atoms with van der Waals surface area (Å²) in [7, 11) is -1.97. The van der Waals surface area contributed by atoms with Gasteiger partial charge in [-0.05, 0) is 6.42 Å². The van der Waals surface area contributed by atoms with E-state index in [1.165, 1.54) is 5.37 Å². The van der Waals surface area contributed by atoms with Crippen LogP contribution < -0.4 is 0 Å². The largest absolute Gasteiger partial charge is 0.209 e. The lowest BCUT2D eigenvalue weighted by molar-refractivity contribution is 0.627. The summed E-state index contributed by atoms with van der Waals surface area (Å²) >= 11 is 3.07. The van der Waals surface area contributed by atoms with Crippen molar-refractivity contribution in [2.24, 2.45) is 0 Å². The third-order valence-electron chi connectivity index (χ3n) is 0.363. The number of hydrogen-bond donors (Lipinski definition) is 0. The standard InChI is InChI=1S/C3H5BrO2S/c4-2-1-3-7(5)6/h3H,1-2H2. The normalized spacial score (nSPS) is 8.14. The molecule has 0 aromatic carbocycles. The molecule has 7 heavy (non-hydrogen) atoms. The first-order valence-electron chi connectivity index (χ1n) is 1.74. The van der Waals surface area contributed by atoms with Crippen LogP contribution in [0.15, 0.2) is 0 Å². The molecule has 0 aliphatic carbocycles. The molecular formula is C3H5BrO2S. The van der Waals surface area contributed by atoms with E-state index in [9.17, 15) is 8.42 Å². The first-order valence-corrected chi connectivity index (χ1v) is 4.00. The molecule has 0 atom stereocenters. The van der Waals surface area contributed by atoms with E-state index < -0.39 is 10.3 Å². The molecule has 4 heteroatoms. The quantitative estimate of drug-likeness (QED) is 0.462. The molecule has 0 saturated heterocycles. The lowest BCUT2D eigenvalue weighted by Crippen LogP contribution is -1.74. The van der Waals surface area contributed by atoms with Gasteiger partial charge < -0.3 is 0 Å². The van der Waals surface area contributed by atoms with Crippen LogP contribution in [0.2, 0.25) is 0 Å². The van der Waals surface area contributed by atoms with Crippen LogP contribution in [0.3, 0.4) is 0 Å². The highest BCUT2D eigenvalue weighted by atomic mass is 79.9. The van der Waals surface area contributed by atoms with Crippen LogP contribution in [0, 0.1) is 0 Å². The van der Waals surface area contributed by atoms with Gasteiger partial charge in [0.2, 0.25) is 10.3 Å². The monoisotopic (exact) mass is 184 g/mol. The van der Waals surface area contributed by atoms with Gasteiger partial charge in [-0.2, -0.15) is 8.42 Å². The molecule has 0 aliphatic heterocycles. The van der Waals surface area contributed by atoms with Crippen molar-refractivity contribution in [1.29, 1.82) is 0 Å². The zero-order chi connectivity index (χ0) is 5.70. The van der Waals surface area contributed by atoms with E-state index in [0.29, 0.717) is 11.8 Å². The second-order valence-corrected chi connectivity index (χ2v) is 2.55. The Bertz CT molecular complexity index is 138. The maximum absolute atomic E-state index is 9.68. The summed E-state index contributed by atoms with van der Waals surface area (Å²) in [6.07, 6.45) is 0.579. The zero-order valence-corrected chi connectivity index (χ0v) is 6.00. The molecular weight excluding hydrogens is 180 g/mol. The molecule has 0 fully saturated rings. The fraction of sp³-hybridized carbons (Fsp3) is 0.667. The molecule has 42 valence electrons. The van der Waals surface area contributed by atoms with Gasteiger partial charge in [0.1, 0.15) is 0 Å². The lowest BCUT2D eigenvalue weighted by Gasteiger charge is -1.69. The van der Waals surface area contributed by atoms with Crippen LogP contribution in [0.5, 0.6) is 0 Å². The highest BCUT2D eigenvalue weighted by Gasteiger charge is 1.72. The van der Waals surface area contributed by atoms with Gasteiger partial charge in [0, 0.05) is 10.7 Å². The fourth-order valence-corrected chi connectivity index (χ4v) is 0.983. The van der Waals surface area contributed by atoms with E-state index in [1.54, 1.807) is 0 Å². The van der Waals surface area contributed by atoms with E-state index in [0.717, 1.165) is 0 Å². The van der Waals surface area contributed by atoms with Crippen molar-refractivity contribution >= 4 is 31.6 Å². The van der Waals surface area contributed by atoms with Crippen LogP contribution in [-0.2, 0) is 10.3 Å². The second kappa shape index (κ2) is 4.33. The number of rotatable bonds is 2. The first kappa shape index (κ1) is 7.17. The van der Waals surface area contributed by atoms with Crippen LogP contribution in [-0.4, -0.2) is 19.1 Å². The fourth-order valence-electron chi connectivity index (χ4n) is 0.141. The molecule has 0 saturated carbocycles. The smallest absolute Gasteiger partial charge is 0.185 e. The van der Waals surface area contributed by atoms with Crippen molar-refractivity contribution in [3.63, 3.8) is 0 Å². The molecule has 2 nitrogen and oxygen atoms in total. The number of hydrogen-bond acceptors (Lipinski definition) is 2. The molecule has 0 aromatic rings. The summed E-state index contributed by atoms with van der Waals surface area (Å²) in [5.41, 5.74) is 0. The summed E-state index contributed by atoms with van der Waals surface area (Å²) in [5.74, 6) is 0. The van der Waals surface area contributed by atoms with Gasteiger partial charge in [-0.25, -0.2) is 0 Å². The minimum absolute atomic E-state index is 0.579. The van der Waals surface area contributed by atoms with Crippen molar-refractivity contribution < 1.29 is 8.42 Å². The Morgan fingerprint density at radius 2 is 2.14 bits per heavy atom. The van der Waals surface area contributed by atoms with Gasteiger partial charge in [-0.1, -0.05) is 15.9 Å². The maximum atomic E-state index is 9.68. The van der Waals surface area contributed by atoms with Gasteiger partial charge in [0.25, 0.3) is 0 Å². The Morgan fingerprint density at radius 3 is 2.29 bits per heavy atom. The van der Waals surface area contributed by atoms with E-state index in [4.69, 9.17) is 0 Å². The van der Waals surface area contributed by atoms with E-state index in [1.807, 2.05) is 0 Å². The number of halogens is 1. The average molecular weight is 185 g/mol. The van der Waals surface area contributed by atoms with E-state index in [2.05, 4.69) is 15.9 Å². The molecule has 0 bridgehead atoms. The highest BCUT2D eigenvalue weighted by Crippen LogP contribution is 1.80. The zero-order valence-electron chi connectivity index (χ0n) is 3.59. The van der Waals surface area contributed by atoms with Crippen LogP contribution in [0.25, 0.3) is 0 Å².